The largest absolute Gasteiger partial charge is 0.448 e. The third-order valence-electron chi connectivity index (χ3n) is 7.22. The van der Waals surface area contributed by atoms with Crippen LogP contribution in [0, 0.1) is 11.6 Å². The molecule has 2 aromatic carbocycles. The lowest BCUT2D eigenvalue weighted by atomic mass is 9.93. The normalized spacial score (nSPS) is 22.3. The molecule has 0 radical (unpaired) electrons. The van der Waals surface area contributed by atoms with Crippen molar-refractivity contribution in [3.63, 3.8) is 0 Å². The molecule has 0 spiro atoms. The molecule has 0 saturated carbocycles. The Morgan fingerprint density at radius 2 is 1.68 bits per heavy atom. The molecule has 2 heterocycles. The summed E-state index contributed by atoms with van der Waals surface area (Å²) in [6.45, 7) is 7.69. The number of benzene rings is 2. The van der Waals surface area contributed by atoms with E-state index in [1.54, 1.807) is 38.7 Å². The quantitative estimate of drug-likeness (QED) is 0.465. The van der Waals surface area contributed by atoms with Crippen LogP contribution in [-0.4, -0.2) is 78.6 Å². The van der Waals surface area contributed by atoms with Crippen molar-refractivity contribution in [1.29, 1.82) is 0 Å². The van der Waals surface area contributed by atoms with Gasteiger partial charge in [0.1, 0.15) is 23.8 Å². The van der Waals surface area contributed by atoms with Crippen LogP contribution >= 0.6 is 0 Å². The van der Waals surface area contributed by atoms with Gasteiger partial charge >= 0.3 is 12.2 Å². The van der Waals surface area contributed by atoms with Crippen LogP contribution in [0.15, 0.2) is 53.4 Å². The topological polar surface area (TPSA) is 96.5 Å². The molecule has 3 atom stereocenters. The Bertz CT molecular complexity index is 1350. The maximum Gasteiger partial charge on any atom is 0.410 e. The highest BCUT2D eigenvalue weighted by Crippen LogP contribution is 2.39. The van der Waals surface area contributed by atoms with E-state index in [9.17, 15) is 26.8 Å². The molecule has 2 fully saturated rings. The number of rotatable bonds is 5. The molecular formula is C29H37F2N3O6S. The first-order chi connectivity index (χ1) is 19.3. The molecule has 2 aliphatic rings. The third kappa shape index (κ3) is 7.34. The Morgan fingerprint density at radius 1 is 0.976 bits per heavy atom. The van der Waals surface area contributed by atoms with Crippen LogP contribution in [0.1, 0.15) is 58.6 Å². The van der Waals surface area contributed by atoms with Crippen molar-refractivity contribution in [3.8, 4) is 0 Å². The standard InChI is InChI=1S/C29H37F2N3O6S/c1-20-18-32(27(35)40-29(2,3)4)15-16-33(20)28(36)39-19-24-9-6-10-26(21-7-5-8-23(31)17-21)34(24)41(37,38)25-13-11-22(30)12-14-25/h5,7-8,11-14,17,20,24,26H,6,9-10,15-16,18-19H2,1-4H3/t20-,24-,26+/m1/s1. The molecule has 0 unspecified atom stereocenters. The van der Waals surface area contributed by atoms with Gasteiger partial charge in [-0.1, -0.05) is 12.1 Å². The molecule has 9 nitrogen and oxygen atoms in total. The summed E-state index contributed by atoms with van der Waals surface area (Å²) in [5.41, 5.74) is -0.154. The molecule has 2 saturated heterocycles. The minimum Gasteiger partial charge on any atom is -0.448 e. The van der Waals surface area contributed by atoms with Crippen LogP contribution in [0.4, 0.5) is 18.4 Å². The number of nitrogens with zero attached hydrogens (tertiary/aromatic N) is 3. The highest BCUT2D eigenvalue weighted by Gasteiger charge is 2.42. The Labute approximate surface area is 240 Å². The molecule has 2 amide bonds. The van der Waals surface area contributed by atoms with Gasteiger partial charge in [-0.25, -0.2) is 26.8 Å². The smallest absolute Gasteiger partial charge is 0.410 e. The third-order valence-corrected chi connectivity index (χ3v) is 9.19. The zero-order valence-corrected chi connectivity index (χ0v) is 24.6. The van der Waals surface area contributed by atoms with E-state index in [0.717, 1.165) is 12.1 Å². The van der Waals surface area contributed by atoms with E-state index in [1.807, 2.05) is 0 Å². The Balaban J connectivity index is 1.51. The summed E-state index contributed by atoms with van der Waals surface area (Å²) in [5, 5.41) is 0. The second-order valence-corrected chi connectivity index (χ2v) is 13.3. The first-order valence-corrected chi connectivity index (χ1v) is 15.2. The number of amides is 2. The minimum atomic E-state index is -4.17. The fraction of sp³-hybridized carbons (Fsp3) is 0.517. The lowest BCUT2D eigenvalue weighted by molar-refractivity contribution is 0.00101. The van der Waals surface area contributed by atoms with Crippen molar-refractivity contribution < 1.29 is 36.3 Å². The first-order valence-electron chi connectivity index (χ1n) is 13.7. The summed E-state index contributed by atoms with van der Waals surface area (Å²) in [6.07, 6.45) is 0.418. The van der Waals surface area contributed by atoms with Crippen LogP contribution in [0.3, 0.4) is 0 Å². The predicted octanol–water partition coefficient (Wildman–Crippen LogP) is 5.33. The van der Waals surface area contributed by atoms with Crippen molar-refractivity contribution in [3.05, 3.63) is 65.7 Å². The zero-order chi connectivity index (χ0) is 29.9. The van der Waals surface area contributed by atoms with Crippen LogP contribution in [-0.2, 0) is 19.5 Å². The van der Waals surface area contributed by atoms with Gasteiger partial charge in [0, 0.05) is 19.6 Å². The number of hydrogen-bond acceptors (Lipinski definition) is 6. The van der Waals surface area contributed by atoms with Crippen molar-refractivity contribution >= 4 is 22.2 Å². The summed E-state index contributed by atoms with van der Waals surface area (Å²) in [6, 6.07) is 8.53. The van der Waals surface area contributed by atoms with Gasteiger partial charge in [-0.15, -0.1) is 0 Å². The Hall–Kier alpha value is -3.25. The SMILES string of the molecule is C[C@@H]1CN(C(=O)OC(C)(C)C)CCN1C(=O)OC[C@H]1CCC[C@@H](c2cccc(F)c2)N1S(=O)(=O)c1ccc(F)cc1. The fourth-order valence-electron chi connectivity index (χ4n) is 5.30. The van der Waals surface area contributed by atoms with Gasteiger partial charge in [0.25, 0.3) is 0 Å². The molecule has 0 aliphatic carbocycles. The van der Waals surface area contributed by atoms with Crippen molar-refractivity contribution in [2.24, 2.45) is 0 Å². The molecule has 41 heavy (non-hydrogen) atoms. The molecule has 2 aromatic rings. The van der Waals surface area contributed by atoms with Crippen molar-refractivity contribution in [2.45, 2.75) is 75.6 Å². The summed E-state index contributed by atoms with van der Waals surface area (Å²) in [5.74, 6) is -1.06. The summed E-state index contributed by atoms with van der Waals surface area (Å²) >= 11 is 0. The fourth-order valence-corrected chi connectivity index (χ4v) is 7.15. The molecule has 0 aromatic heterocycles. The van der Waals surface area contributed by atoms with E-state index in [2.05, 4.69) is 0 Å². The lowest BCUT2D eigenvalue weighted by Crippen LogP contribution is -2.56. The van der Waals surface area contributed by atoms with Crippen LogP contribution < -0.4 is 0 Å². The highest BCUT2D eigenvalue weighted by atomic mass is 32.2. The average molecular weight is 594 g/mol. The van der Waals surface area contributed by atoms with E-state index < -0.39 is 51.5 Å². The second-order valence-electron chi connectivity index (χ2n) is 11.5. The molecule has 2 aliphatic heterocycles. The summed E-state index contributed by atoms with van der Waals surface area (Å²) in [4.78, 5) is 28.5. The van der Waals surface area contributed by atoms with E-state index in [1.165, 1.54) is 39.5 Å². The number of sulfonamides is 1. The predicted molar refractivity (Wildman–Crippen MR) is 148 cm³/mol. The van der Waals surface area contributed by atoms with E-state index in [0.29, 0.717) is 24.8 Å². The lowest BCUT2D eigenvalue weighted by Gasteiger charge is -2.42. The number of ether oxygens (including phenoxy) is 2. The summed E-state index contributed by atoms with van der Waals surface area (Å²) < 4.78 is 67.9. The van der Waals surface area contributed by atoms with Gasteiger partial charge in [-0.2, -0.15) is 4.31 Å². The van der Waals surface area contributed by atoms with Gasteiger partial charge in [0.2, 0.25) is 10.0 Å². The van der Waals surface area contributed by atoms with Crippen LogP contribution in [0.2, 0.25) is 0 Å². The second kappa shape index (κ2) is 12.3. The van der Waals surface area contributed by atoms with E-state index >= 15 is 0 Å². The van der Waals surface area contributed by atoms with Crippen LogP contribution in [0.5, 0.6) is 0 Å². The Morgan fingerprint density at radius 3 is 2.32 bits per heavy atom. The Kier molecular flexibility index (Phi) is 9.22. The molecule has 12 heteroatoms. The van der Waals surface area contributed by atoms with Gasteiger partial charge in [0.15, 0.2) is 0 Å². The maximum absolute atomic E-state index is 14.1. The maximum atomic E-state index is 14.1. The zero-order valence-electron chi connectivity index (χ0n) is 23.8. The number of carbonyl (C=O) groups is 2. The van der Waals surface area contributed by atoms with E-state index in [-0.39, 0.29) is 37.2 Å². The number of piperidine rings is 1. The average Bonchev–Trinajstić information content (AvgIpc) is 2.90. The monoisotopic (exact) mass is 593 g/mol. The van der Waals surface area contributed by atoms with Gasteiger partial charge in [0.05, 0.1) is 23.0 Å². The molecule has 224 valence electrons. The van der Waals surface area contributed by atoms with Crippen molar-refractivity contribution in [2.75, 3.05) is 26.2 Å². The number of carbonyl (C=O) groups excluding carboxylic acids is 2. The number of piperazine rings is 1. The van der Waals surface area contributed by atoms with Crippen molar-refractivity contribution in [1.82, 2.24) is 14.1 Å². The van der Waals surface area contributed by atoms with Gasteiger partial charge < -0.3 is 19.3 Å². The van der Waals surface area contributed by atoms with Gasteiger partial charge in [-0.05, 0) is 88.9 Å². The molecule has 0 N–H and O–H groups in total. The van der Waals surface area contributed by atoms with Crippen LogP contribution in [0.25, 0.3) is 0 Å². The molecule has 0 bridgehead atoms. The van der Waals surface area contributed by atoms with E-state index in [4.69, 9.17) is 9.47 Å². The van der Waals surface area contributed by atoms with Gasteiger partial charge in [-0.3, -0.25) is 0 Å². The summed E-state index contributed by atoms with van der Waals surface area (Å²) in [7, 11) is -4.17. The highest BCUT2D eigenvalue weighted by molar-refractivity contribution is 7.89. The number of hydrogen-bond donors (Lipinski definition) is 0. The molecule has 4 rings (SSSR count). The minimum absolute atomic E-state index is 0.106. The first kappa shape index (κ1) is 30.7. The number of halogens is 2. The molecular weight excluding hydrogens is 556 g/mol.